The van der Waals surface area contributed by atoms with Gasteiger partial charge in [-0.25, -0.2) is 0 Å². The first-order valence-corrected chi connectivity index (χ1v) is 13.8. The fraction of sp³-hybridized carbons (Fsp3) is 0.875. The van der Waals surface area contributed by atoms with Gasteiger partial charge in [-0.1, -0.05) is 76.9 Å². The maximum absolute atomic E-state index is 11.2. The average molecular weight is 464 g/mol. The summed E-state index contributed by atoms with van der Waals surface area (Å²) in [6.07, 6.45) is 24.1. The maximum Gasteiger partial charge on any atom is 0.261 e. The molecule has 0 amide bonds. The van der Waals surface area contributed by atoms with Gasteiger partial charge in [-0.15, -0.1) is 0 Å². The van der Waals surface area contributed by atoms with Crippen molar-refractivity contribution in [3.63, 3.8) is 0 Å². The third-order valence-electron chi connectivity index (χ3n) is 5.20. The van der Waals surface area contributed by atoms with Crippen LogP contribution in [0.2, 0.25) is 0 Å². The molecule has 6 nitrogen and oxygen atoms in total. The Hall–Kier alpha value is -0.920. The molecular formula is C24H49NO5S. The van der Waals surface area contributed by atoms with E-state index in [0.29, 0.717) is 10.7 Å². The van der Waals surface area contributed by atoms with Gasteiger partial charge in [-0.3, -0.25) is 4.55 Å². The number of nitrogens with zero attached hydrogens (tertiary/aromatic N) is 1. The fourth-order valence-corrected chi connectivity index (χ4v) is 3.41. The Morgan fingerprint density at radius 1 is 0.839 bits per heavy atom. The van der Waals surface area contributed by atoms with Gasteiger partial charge >= 0.3 is 0 Å². The largest absolute Gasteiger partial charge is 0.544 e. The molecule has 0 saturated heterocycles. The number of quaternary nitrogens is 1. The lowest BCUT2D eigenvalue weighted by atomic mass is 10.0. The summed E-state index contributed by atoms with van der Waals surface area (Å²) in [6.45, 7) is 2.27. The van der Waals surface area contributed by atoms with E-state index >= 15 is 0 Å². The highest BCUT2D eigenvalue weighted by molar-refractivity contribution is 7.85. The molecule has 0 aliphatic rings. The molecule has 1 unspecified atom stereocenters. The third-order valence-corrected chi connectivity index (χ3v) is 5.20. The Labute approximate surface area is 192 Å². The molecule has 0 fully saturated rings. The molecule has 0 radical (unpaired) electrons. The minimum Gasteiger partial charge on any atom is -0.544 e. The van der Waals surface area contributed by atoms with Crippen molar-refractivity contribution >= 4 is 16.1 Å². The first-order valence-electron chi connectivity index (χ1n) is 12.0. The van der Waals surface area contributed by atoms with Crippen LogP contribution in [0.4, 0.5) is 0 Å². The molecule has 1 N–H and O–H groups in total. The molecular weight excluding hydrogens is 414 g/mol. The summed E-state index contributed by atoms with van der Waals surface area (Å²) < 4.78 is 26.3. The smallest absolute Gasteiger partial charge is 0.261 e. The Balaban J connectivity index is 0. The van der Waals surface area contributed by atoms with Crippen LogP contribution in [0.15, 0.2) is 12.2 Å². The van der Waals surface area contributed by atoms with Crippen LogP contribution in [0, 0.1) is 0 Å². The minimum atomic E-state index is -3.67. The summed E-state index contributed by atoms with van der Waals surface area (Å²) in [4.78, 5) is 11.2. The van der Waals surface area contributed by atoms with Crippen LogP contribution >= 0.6 is 0 Å². The summed E-state index contributed by atoms with van der Waals surface area (Å²) in [5.41, 5.74) is 0. The summed E-state index contributed by atoms with van der Waals surface area (Å²) in [7, 11) is 2.13. The fourth-order valence-electron chi connectivity index (χ4n) is 3.41. The van der Waals surface area contributed by atoms with Crippen LogP contribution < -0.4 is 5.11 Å². The van der Waals surface area contributed by atoms with Crippen molar-refractivity contribution in [2.45, 2.75) is 109 Å². The number of unbranched alkanes of at least 4 members (excludes halogenated alkanes) is 12. The highest BCUT2D eigenvalue weighted by Crippen LogP contribution is 2.14. The third kappa shape index (κ3) is 29.1. The van der Waals surface area contributed by atoms with Crippen LogP contribution in [-0.4, -0.2) is 56.9 Å². The molecule has 1 atom stereocenters. The van der Waals surface area contributed by atoms with Crippen molar-refractivity contribution in [1.29, 1.82) is 0 Å². The molecule has 31 heavy (non-hydrogen) atoms. The summed E-state index contributed by atoms with van der Waals surface area (Å²) >= 11 is 0. The van der Waals surface area contributed by atoms with E-state index in [0.717, 1.165) is 19.3 Å². The predicted molar refractivity (Wildman–Crippen MR) is 128 cm³/mol. The van der Waals surface area contributed by atoms with E-state index < -0.39 is 16.1 Å². The zero-order chi connectivity index (χ0) is 24.2. The van der Waals surface area contributed by atoms with E-state index in [1.165, 1.54) is 77.0 Å². The van der Waals surface area contributed by atoms with Gasteiger partial charge in [-0.05, 0) is 32.1 Å². The number of carbonyl (C=O) groups excluding carboxylic acids is 1. The molecule has 0 aromatic rings. The number of carboxylic acid groups (broad SMARTS) is 1. The zero-order valence-corrected chi connectivity index (χ0v) is 21.6. The number of rotatable bonds is 18. The van der Waals surface area contributed by atoms with Crippen LogP contribution in [0.1, 0.15) is 103 Å². The van der Waals surface area contributed by atoms with Crippen molar-refractivity contribution in [3.05, 3.63) is 12.2 Å². The molecule has 0 aromatic carbocycles. The number of aliphatic carboxylic acids is 1. The standard InChI is InChI=1S/C23H45NO2.CH4O3S/c1-5-6-7-8-9-10-11-12-13-14-15-16-17-18-19-20-21-22(23(25)26)24(2,3)4;1-5(2,3)4/h12-13,22H,5-11,14-21H2,1-4H3;1H3,(H,2,3,4). The van der Waals surface area contributed by atoms with Crippen molar-refractivity contribution in [2.24, 2.45) is 0 Å². The van der Waals surface area contributed by atoms with Crippen LogP contribution in [0.3, 0.4) is 0 Å². The molecule has 0 aliphatic carbocycles. The Bertz CT molecular complexity index is 545. The van der Waals surface area contributed by atoms with Crippen LogP contribution in [0.25, 0.3) is 0 Å². The molecule has 7 heteroatoms. The monoisotopic (exact) mass is 463 g/mol. The first kappa shape index (κ1) is 32.3. The van der Waals surface area contributed by atoms with E-state index in [1.54, 1.807) is 0 Å². The minimum absolute atomic E-state index is 0.383. The number of carbonyl (C=O) groups is 1. The molecule has 0 aliphatic heterocycles. The van der Waals surface area contributed by atoms with Crippen molar-refractivity contribution in [3.8, 4) is 0 Å². The Morgan fingerprint density at radius 2 is 1.19 bits per heavy atom. The van der Waals surface area contributed by atoms with E-state index in [4.69, 9.17) is 4.55 Å². The van der Waals surface area contributed by atoms with Gasteiger partial charge in [-0.2, -0.15) is 8.42 Å². The molecule has 0 aromatic heterocycles. The number of carboxylic acids is 1. The van der Waals surface area contributed by atoms with Crippen LogP contribution in [-0.2, 0) is 14.9 Å². The second-order valence-corrected chi connectivity index (χ2v) is 10.9. The second kappa shape index (κ2) is 19.7. The topological polar surface area (TPSA) is 94.5 Å². The maximum atomic E-state index is 11.2. The molecule has 186 valence electrons. The number of hydrogen-bond donors (Lipinski definition) is 1. The highest BCUT2D eigenvalue weighted by Gasteiger charge is 2.24. The first-order chi connectivity index (χ1) is 14.4. The lowest BCUT2D eigenvalue weighted by Gasteiger charge is -2.34. The summed E-state index contributed by atoms with van der Waals surface area (Å²) in [5, 5.41) is 11.2. The molecule has 0 heterocycles. The van der Waals surface area contributed by atoms with E-state index in [-0.39, 0.29) is 6.04 Å². The molecule has 0 spiro atoms. The number of likely N-dealkylation sites (N-methyl/N-ethyl adjacent to an activating group) is 1. The predicted octanol–water partition coefficient (Wildman–Crippen LogP) is 4.74. The Morgan fingerprint density at radius 3 is 1.55 bits per heavy atom. The number of hydrogen-bond acceptors (Lipinski definition) is 4. The van der Waals surface area contributed by atoms with Gasteiger partial charge in [0.1, 0.15) is 6.04 Å². The molecule has 0 rings (SSSR count). The van der Waals surface area contributed by atoms with Crippen molar-refractivity contribution in [2.75, 3.05) is 27.4 Å². The SMILES string of the molecule is CCCCCCCCC=CCCCCCCCCC(C(=O)[O-])[N+](C)(C)C.CS(=O)(=O)O. The van der Waals surface area contributed by atoms with Gasteiger partial charge in [0, 0.05) is 6.42 Å². The zero-order valence-electron chi connectivity index (χ0n) is 20.8. The van der Waals surface area contributed by atoms with Crippen molar-refractivity contribution in [1.82, 2.24) is 0 Å². The van der Waals surface area contributed by atoms with Gasteiger partial charge in [0.25, 0.3) is 10.1 Å². The van der Waals surface area contributed by atoms with E-state index in [1.807, 2.05) is 21.1 Å². The molecule has 0 bridgehead atoms. The lowest BCUT2D eigenvalue weighted by Crippen LogP contribution is -2.54. The van der Waals surface area contributed by atoms with Gasteiger partial charge in [0.2, 0.25) is 0 Å². The second-order valence-electron chi connectivity index (χ2n) is 9.41. The molecule has 0 saturated carbocycles. The van der Waals surface area contributed by atoms with E-state index in [9.17, 15) is 18.3 Å². The normalized spacial score (nSPS) is 13.1. The van der Waals surface area contributed by atoms with Gasteiger partial charge < -0.3 is 14.4 Å². The Kier molecular flexibility index (Phi) is 20.5. The summed E-state index contributed by atoms with van der Waals surface area (Å²) in [5.74, 6) is -0.912. The highest BCUT2D eigenvalue weighted by atomic mass is 32.2. The average Bonchev–Trinajstić information content (AvgIpc) is 2.61. The van der Waals surface area contributed by atoms with Crippen molar-refractivity contribution < 1.29 is 27.4 Å². The van der Waals surface area contributed by atoms with Crippen LogP contribution in [0.5, 0.6) is 0 Å². The van der Waals surface area contributed by atoms with Gasteiger partial charge in [0.15, 0.2) is 0 Å². The number of allylic oxidation sites excluding steroid dienone is 2. The lowest BCUT2D eigenvalue weighted by molar-refractivity contribution is -0.889. The van der Waals surface area contributed by atoms with Gasteiger partial charge in [0.05, 0.1) is 33.4 Å². The quantitative estimate of drug-likeness (QED) is 0.137. The summed E-state index contributed by atoms with van der Waals surface area (Å²) in [6, 6.07) is -0.383. The van der Waals surface area contributed by atoms with E-state index in [2.05, 4.69) is 19.1 Å².